The van der Waals surface area contributed by atoms with E-state index in [1.807, 2.05) is 0 Å². The van der Waals surface area contributed by atoms with E-state index in [0.29, 0.717) is 47.5 Å². The standard InChI is InChI=1S/C18H18F3N3O3/c1-10-15(9-27-17(22)25)14-3-2-6-26-8-11-7-12(18(19,20)21)4-5-13(11)16(14)24-23-10/h4-5,7H,2-3,6,8-9H2,1H3,(H2,22,25). The van der Waals surface area contributed by atoms with Crippen LogP contribution in [0.15, 0.2) is 18.2 Å². The van der Waals surface area contributed by atoms with Gasteiger partial charge in [0.25, 0.3) is 0 Å². The zero-order chi connectivity index (χ0) is 19.6. The van der Waals surface area contributed by atoms with Crippen molar-refractivity contribution < 1.29 is 27.4 Å². The molecule has 2 N–H and O–H groups in total. The second-order valence-corrected chi connectivity index (χ2v) is 6.22. The first-order valence-corrected chi connectivity index (χ1v) is 8.33. The smallest absolute Gasteiger partial charge is 0.416 e. The molecular formula is C18H18F3N3O3. The third-order valence-electron chi connectivity index (χ3n) is 4.41. The number of carbonyl (C=O) groups is 1. The van der Waals surface area contributed by atoms with Gasteiger partial charge in [-0.3, -0.25) is 0 Å². The van der Waals surface area contributed by atoms with Crippen molar-refractivity contribution in [1.29, 1.82) is 0 Å². The summed E-state index contributed by atoms with van der Waals surface area (Å²) in [5.41, 5.74) is 7.69. The number of carbonyl (C=O) groups excluding carboxylic acids is 1. The van der Waals surface area contributed by atoms with E-state index < -0.39 is 17.8 Å². The summed E-state index contributed by atoms with van der Waals surface area (Å²) < 4.78 is 49.7. The molecule has 3 rings (SSSR count). The normalized spacial score (nSPS) is 14.4. The van der Waals surface area contributed by atoms with E-state index in [0.717, 1.165) is 17.7 Å². The van der Waals surface area contributed by atoms with Crippen LogP contribution in [0.5, 0.6) is 0 Å². The Balaban J connectivity index is 2.15. The summed E-state index contributed by atoms with van der Waals surface area (Å²) in [5.74, 6) is 0. The van der Waals surface area contributed by atoms with Crippen LogP contribution in [-0.2, 0) is 35.3 Å². The average molecular weight is 381 g/mol. The number of aryl methyl sites for hydroxylation is 1. The molecule has 0 radical (unpaired) electrons. The first kappa shape index (κ1) is 19.1. The molecule has 27 heavy (non-hydrogen) atoms. The molecule has 2 heterocycles. The van der Waals surface area contributed by atoms with Crippen molar-refractivity contribution in [2.24, 2.45) is 5.73 Å². The molecule has 0 fully saturated rings. The number of nitrogens with two attached hydrogens (primary N) is 1. The number of fused-ring (bicyclic) bond motifs is 3. The van der Waals surface area contributed by atoms with Crippen molar-refractivity contribution in [2.45, 2.75) is 39.2 Å². The second kappa shape index (κ2) is 7.51. The highest BCUT2D eigenvalue weighted by atomic mass is 19.4. The Bertz CT molecular complexity index is 869. The number of benzene rings is 1. The summed E-state index contributed by atoms with van der Waals surface area (Å²) in [6.45, 7) is 2.08. The van der Waals surface area contributed by atoms with E-state index in [1.54, 1.807) is 6.92 Å². The maximum atomic E-state index is 13.1. The summed E-state index contributed by atoms with van der Waals surface area (Å²) >= 11 is 0. The van der Waals surface area contributed by atoms with E-state index >= 15 is 0 Å². The van der Waals surface area contributed by atoms with Crippen LogP contribution >= 0.6 is 0 Å². The molecule has 0 saturated heterocycles. The molecule has 1 aromatic heterocycles. The molecule has 0 atom stereocenters. The molecule has 0 spiro atoms. The van der Waals surface area contributed by atoms with Crippen molar-refractivity contribution >= 4 is 6.09 Å². The summed E-state index contributed by atoms with van der Waals surface area (Å²) in [7, 11) is 0. The molecule has 0 saturated carbocycles. The molecule has 1 aliphatic rings. The maximum absolute atomic E-state index is 13.1. The van der Waals surface area contributed by atoms with Crippen molar-refractivity contribution in [2.75, 3.05) is 6.61 Å². The lowest BCUT2D eigenvalue weighted by molar-refractivity contribution is -0.137. The van der Waals surface area contributed by atoms with Crippen molar-refractivity contribution in [3.05, 3.63) is 46.1 Å². The first-order valence-electron chi connectivity index (χ1n) is 8.33. The Kier molecular flexibility index (Phi) is 5.31. The fourth-order valence-corrected chi connectivity index (χ4v) is 3.08. The summed E-state index contributed by atoms with van der Waals surface area (Å²) in [6, 6.07) is 3.47. The van der Waals surface area contributed by atoms with E-state index in [4.69, 9.17) is 15.2 Å². The molecular weight excluding hydrogens is 363 g/mol. The highest BCUT2D eigenvalue weighted by molar-refractivity contribution is 5.69. The second-order valence-electron chi connectivity index (χ2n) is 6.22. The quantitative estimate of drug-likeness (QED) is 0.860. The minimum Gasteiger partial charge on any atom is -0.445 e. The fourth-order valence-electron chi connectivity index (χ4n) is 3.08. The fraction of sp³-hybridized carbons (Fsp3) is 0.389. The predicted molar refractivity (Wildman–Crippen MR) is 89.6 cm³/mol. The van der Waals surface area contributed by atoms with Crippen LogP contribution in [0.25, 0.3) is 11.3 Å². The third-order valence-corrected chi connectivity index (χ3v) is 4.41. The SMILES string of the molecule is Cc1nnc2c(c1COC(N)=O)CCCOCc1cc(C(F)(F)F)ccc1-2. The lowest BCUT2D eigenvalue weighted by Crippen LogP contribution is -2.15. The van der Waals surface area contributed by atoms with Crippen molar-refractivity contribution in [1.82, 2.24) is 10.2 Å². The maximum Gasteiger partial charge on any atom is 0.416 e. The van der Waals surface area contributed by atoms with Gasteiger partial charge in [0.1, 0.15) is 6.61 Å². The largest absolute Gasteiger partial charge is 0.445 e. The lowest BCUT2D eigenvalue weighted by atomic mass is 9.94. The molecule has 144 valence electrons. The summed E-state index contributed by atoms with van der Waals surface area (Å²) in [6.07, 6.45) is -4.16. The first-order chi connectivity index (χ1) is 12.8. The van der Waals surface area contributed by atoms with Crippen LogP contribution in [0.4, 0.5) is 18.0 Å². The zero-order valence-electron chi connectivity index (χ0n) is 14.6. The van der Waals surface area contributed by atoms with Gasteiger partial charge in [-0.25, -0.2) is 4.79 Å². The summed E-state index contributed by atoms with van der Waals surface area (Å²) in [5, 5.41) is 8.32. The minimum absolute atomic E-state index is 0.0430. The van der Waals surface area contributed by atoms with Gasteiger partial charge in [-0.05, 0) is 43.0 Å². The Labute approximate surface area is 153 Å². The van der Waals surface area contributed by atoms with E-state index in [2.05, 4.69) is 10.2 Å². The van der Waals surface area contributed by atoms with Crippen LogP contribution in [0.3, 0.4) is 0 Å². The molecule has 9 heteroatoms. The van der Waals surface area contributed by atoms with Gasteiger partial charge in [0.15, 0.2) is 0 Å². The van der Waals surface area contributed by atoms with Gasteiger partial charge >= 0.3 is 12.3 Å². The van der Waals surface area contributed by atoms with Crippen LogP contribution in [0.2, 0.25) is 0 Å². The monoisotopic (exact) mass is 381 g/mol. The van der Waals surface area contributed by atoms with Crippen LogP contribution in [-0.4, -0.2) is 22.9 Å². The number of halogens is 3. The van der Waals surface area contributed by atoms with Crippen molar-refractivity contribution in [3.63, 3.8) is 0 Å². The third kappa shape index (κ3) is 4.19. The molecule has 2 aromatic rings. The van der Waals surface area contributed by atoms with Gasteiger partial charge in [0, 0.05) is 17.7 Å². The Morgan fingerprint density at radius 2 is 2.11 bits per heavy atom. The number of rotatable bonds is 2. The number of hydrogen-bond donors (Lipinski definition) is 1. The number of alkyl halides is 3. The Morgan fingerprint density at radius 1 is 1.33 bits per heavy atom. The topological polar surface area (TPSA) is 87.3 Å². The van der Waals surface area contributed by atoms with Crippen LogP contribution < -0.4 is 5.73 Å². The Hall–Kier alpha value is -2.68. The number of primary amides is 1. The predicted octanol–water partition coefficient (Wildman–Crippen LogP) is 3.53. The number of hydrogen-bond acceptors (Lipinski definition) is 5. The lowest BCUT2D eigenvalue weighted by Gasteiger charge is -2.17. The molecule has 1 aliphatic heterocycles. The van der Waals surface area contributed by atoms with E-state index in [9.17, 15) is 18.0 Å². The highest BCUT2D eigenvalue weighted by Crippen LogP contribution is 2.36. The van der Waals surface area contributed by atoms with Gasteiger partial charge in [0.05, 0.1) is 23.6 Å². The number of aromatic nitrogens is 2. The average Bonchev–Trinajstić information content (AvgIpc) is 2.68. The van der Waals surface area contributed by atoms with E-state index in [-0.39, 0.29) is 13.2 Å². The van der Waals surface area contributed by atoms with E-state index in [1.165, 1.54) is 6.07 Å². The molecule has 6 nitrogen and oxygen atoms in total. The zero-order valence-corrected chi connectivity index (χ0v) is 14.6. The van der Waals surface area contributed by atoms with Crippen molar-refractivity contribution in [3.8, 4) is 11.3 Å². The molecule has 1 aromatic carbocycles. The van der Waals surface area contributed by atoms with Gasteiger partial charge in [-0.2, -0.15) is 18.3 Å². The number of nitrogens with zero attached hydrogens (tertiary/aromatic N) is 2. The summed E-state index contributed by atoms with van der Waals surface area (Å²) in [4.78, 5) is 11.0. The van der Waals surface area contributed by atoms with Gasteiger partial charge in [-0.15, -0.1) is 5.10 Å². The Morgan fingerprint density at radius 3 is 2.81 bits per heavy atom. The highest BCUT2D eigenvalue weighted by Gasteiger charge is 2.31. The number of amides is 1. The molecule has 0 unspecified atom stereocenters. The molecule has 0 bridgehead atoms. The molecule has 0 aliphatic carbocycles. The van der Waals surface area contributed by atoms with Gasteiger partial charge in [0.2, 0.25) is 0 Å². The van der Waals surface area contributed by atoms with Gasteiger partial charge in [-0.1, -0.05) is 6.07 Å². The minimum atomic E-state index is -4.45. The van der Waals surface area contributed by atoms with Crippen LogP contribution in [0, 0.1) is 6.92 Å². The van der Waals surface area contributed by atoms with Crippen LogP contribution in [0.1, 0.15) is 34.4 Å². The van der Waals surface area contributed by atoms with Gasteiger partial charge < -0.3 is 15.2 Å². The molecule has 1 amide bonds. The number of ether oxygens (including phenoxy) is 2.